The van der Waals surface area contributed by atoms with Crippen LogP contribution in [0.5, 0.6) is 11.5 Å². The monoisotopic (exact) mass is 338 g/mol. The van der Waals surface area contributed by atoms with Crippen molar-refractivity contribution in [2.24, 2.45) is 0 Å². The van der Waals surface area contributed by atoms with E-state index in [9.17, 15) is 4.79 Å². The van der Waals surface area contributed by atoms with E-state index in [1.165, 1.54) is 5.56 Å². The standard InChI is InChI=1S/C20H22N2O3/c1-24-17-8-4-2-6-15(17)14-22-12-10-20(11-13-22)21-19(23)16-7-3-5-9-18(16)25-20/h2-9H,10-14H2,1H3,(H,21,23). The first-order valence-corrected chi connectivity index (χ1v) is 8.64. The van der Waals surface area contributed by atoms with Crippen LogP contribution in [0, 0.1) is 0 Å². The maximum atomic E-state index is 12.4. The molecule has 0 atom stereocenters. The van der Waals surface area contributed by atoms with Crippen molar-refractivity contribution in [2.45, 2.75) is 25.1 Å². The molecule has 1 N–H and O–H groups in total. The van der Waals surface area contributed by atoms with Crippen molar-refractivity contribution in [3.8, 4) is 11.5 Å². The minimum Gasteiger partial charge on any atom is -0.496 e. The zero-order valence-electron chi connectivity index (χ0n) is 14.3. The number of benzene rings is 2. The third-order valence-electron chi connectivity index (χ3n) is 5.03. The molecule has 5 heteroatoms. The fourth-order valence-electron chi connectivity index (χ4n) is 3.63. The summed E-state index contributed by atoms with van der Waals surface area (Å²) < 4.78 is 11.6. The molecule has 1 saturated heterocycles. The molecule has 5 nitrogen and oxygen atoms in total. The lowest BCUT2D eigenvalue weighted by atomic mass is 9.96. The molecule has 0 aliphatic carbocycles. The Kier molecular flexibility index (Phi) is 4.09. The predicted octanol–water partition coefficient (Wildman–Crippen LogP) is 2.81. The summed E-state index contributed by atoms with van der Waals surface area (Å²) >= 11 is 0. The van der Waals surface area contributed by atoms with Gasteiger partial charge in [-0.1, -0.05) is 30.3 Å². The van der Waals surface area contributed by atoms with E-state index >= 15 is 0 Å². The highest BCUT2D eigenvalue weighted by Gasteiger charge is 2.42. The second-order valence-electron chi connectivity index (χ2n) is 6.63. The van der Waals surface area contributed by atoms with Crippen molar-refractivity contribution in [3.63, 3.8) is 0 Å². The second-order valence-corrected chi connectivity index (χ2v) is 6.63. The highest BCUT2D eigenvalue weighted by atomic mass is 16.5. The zero-order chi connectivity index (χ0) is 17.3. The fraction of sp³-hybridized carbons (Fsp3) is 0.350. The Hall–Kier alpha value is -2.53. The molecular weight excluding hydrogens is 316 g/mol. The van der Waals surface area contributed by atoms with E-state index in [4.69, 9.17) is 9.47 Å². The van der Waals surface area contributed by atoms with Crippen LogP contribution in [-0.4, -0.2) is 36.7 Å². The average molecular weight is 338 g/mol. The number of hydrogen-bond acceptors (Lipinski definition) is 4. The van der Waals surface area contributed by atoms with E-state index in [0.717, 1.165) is 38.2 Å². The van der Waals surface area contributed by atoms with Gasteiger partial charge in [0.25, 0.3) is 5.91 Å². The number of ether oxygens (including phenoxy) is 2. The lowest BCUT2D eigenvalue weighted by Gasteiger charge is -2.44. The number of fused-ring (bicyclic) bond motifs is 1. The molecule has 0 aromatic heterocycles. The maximum absolute atomic E-state index is 12.4. The Morgan fingerprint density at radius 1 is 1.12 bits per heavy atom. The van der Waals surface area contributed by atoms with Gasteiger partial charge in [0.05, 0.1) is 12.7 Å². The molecule has 0 radical (unpaired) electrons. The van der Waals surface area contributed by atoms with Gasteiger partial charge in [-0.15, -0.1) is 0 Å². The number of likely N-dealkylation sites (tertiary alicyclic amines) is 1. The minimum atomic E-state index is -0.581. The third-order valence-corrected chi connectivity index (χ3v) is 5.03. The Balaban J connectivity index is 1.44. The number of methoxy groups -OCH3 is 1. The average Bonchev–Trinajstić information content (AvgIpc) is 2.64. The quantitative estimate of drug-likeness (QED) is 0.935. The zero-order valence-corrected chi connectivity index (χ0v) is 14.3. The Morgan fingerprint density at radius 2 is 1.84 bits per heavy atom. The highest BCUT2D eigenvalue weighted by Crippen LogP contribution is 2.34. The van der Waals surface area contributed by atoms with Gasteiger partial charge in [0.15, 0.2) is 5.72 Å². The Bertz CT molecular complexity index is 782. The summed E-state index contributed by atoms with van der Waals surface area (Å²) in [5, 5.41) is 3.08. The summed E-state index contributed by atoms with van der Waals surface area (Å²) in [5.41, 5.74) is 1.22. The van der Waals surface area contributed by atoms with Crippen LogP contribution in [0.3, 0.4) is 0 Å². The molecular formula is C20H22N2O3. The fourth-order valence-corrected chi connectivity index (χ4v) is 3.63. The minimum absolute atomic E-state index is 0.0416. The first-order valence-electron chi connectivity index (χ1n) is 8.64. The van der Waals surface area contributed by atoms with Gasteiger partial charge in [0, 0.05) is 38.0 Å². The van der Waals surface area contributed by atoms with E-state index in [1.807, 2.05) is 36.4 Å². The number of amides is 1. The first kappa shape index (κ1) is 16.0. The van der Waals surface area contributed by atoms with E-state index < -0.39 is 5.72 Å². The topological polar surface area (TPSA) is 50.8 Å². The smallest absolute Gasteiger partial charge is 0.258 e. The van der Waals surface area contributed by atoms with Crippen molar-refractivity contribution in [3.05, 3.63) is 59.7 Å². The molecule has 2 aliphatic rings. The van der Waals surface area contributed by atoms with E-state index in [1.54, 1.807) is 13.2 Å². The Labute approximate surface area is 147 Å². The molecule has 2 heterocycles. The van der Waals surface area contributed by atoms with Crippen LogP contribution in [-0.2, 0) is 6.54 Å². The van der Waals surface area contributed by atoms with Crippen molar-refractivity contribution >= 4 is 5.91 Å². The number of carbonyl (C=O) groups excluding carboxylic acids is 1. The summed E-state index contributed by atoms with van der Waals surface area (Å²) in [6.45, 7) is 2.56. The van der Waals surface area contributed by atoms with Crippen LogP contribution >= 0.6 is 0 Å². The van der Waals surface area contributed by atoms with Crippen LogP contribution in [0.1, 0.15) is 28.8 Å². The second kappa shape index (κ2) is 6.41. The molecule has 2 aromatic rings. The summed E-state index contributed by atoms with van der Waals surface area (Å²) in [6, 6.07) is 15.5. The van der Waals surface area contributed by atoms with Gasteiger partial charge >= 0.3 is 0 Å². The largest absolute Gasteiger partial charge is 0.496 e. The maximum Gasteiger partial charge on any atom is 0.258 e. The van der Waals surface area contributed by atoms with Crippen LogP contribution in [0.2, 0.25) is 0 Å². The lowest BCUT2D eigenvalue weighted by molar-refractivity contribution is -0.0305. The van der Waals surface area contributed by atoms with E-state index in [-0.39, 0.29) is 5.91 Å². The molecule has 1 amide bonds. The van der Waals surface area contributed by atoms with Crippen molar-refractivity contribution in [1.82, 2.24) is 10.2 Å². The molecule has 1 spiro atoms. The van der Waals surface area contributed by atoms with Gasteiger partial charge in [-0.3, -0.25) is 9.69 Å². The van der Waals surface area contributed by atoms with Gasteiger partial charge in [-0.05, 0) is 18.2 Å². The normalized spacial score (nSPS) is 19.0. The molecule has 2 aromatic carbocycles. The number of hydrogen-bond donors (Lipinski definition) is 1. The third kappa shape index (κ3) is 3.07. The van der Waals surface area contributed by atoms with E-state index in [0.29, 0.717) is 11.3 Å². The summed E-state index contributed by atoms with van der Waals surface area (Å²) in [7, 11) is 1.70. The summed E-state index contributed by atoms with van der Waals surface area (Å²) in [5.74, 6) is 1.56. The Morgan fingerprint density at radius 3 is 2.64 bits per heavy atom. The first-order chi connectivity index (χ1) is 12.2. The SMILES string of the molecule is COc1ccccc1CN1CCC2(CC1)NC(=O)c1ccccc1O2. The molecule has 0 saturated carbocycles. The van der Waals surface area contributed by atoms with Crippen LogP contribution in [0.15, 0.2) is 48.5 Å². The molecule has 130 valence electrons. The molecule has 25 heavy (non-hydrogen) atoms. The predicted molar refractivity (Wildman–Crippen MR) is 94.8 cm³/mol. The van der Waals surface area contributed by atoms with Gasteiger partial charge in [0.2, 0.25) is 0 Å². The van der Waals surface area contributed by atoms with Gasteiger partial charge in [-0.25, -0.2) is 0 Å². The summed E-state index contributed by atoms with van der Waals surface area (Å²) in [4.78, 5) is 14.8. The van der Waals surface area contributed by atoms with Crippen LogP contribution in [0.4, 0.5) is 0 Å². The number of carbonyl (C=O) groups is 1. The van der Waals surface area contributed by atoms with Crippen LogP contribution in [0.25, 0.3) is 0 Å². The van der Waals surface area contributed by atoms with Crippen molar-refractivity contribution < 1.29 is 14.3 Å². The van der Waals surface area contributed by atoms with E-state index in [2.05, 4.69) is 16.3 Å². The number of nitrogens with zero attached hydrogens (tertiary/aromatic N) is 1. The van der Waals surface area contributed by atoms with Gasteiger partial charge in [0.1, 0.15) is 11.5 Å². The molecule has 2 aliphatic heterocycles. The molecule has 0 unspecified atom stereocenters. The van der Waals surface area contributed by atoms with Gasteiger partial charge < -0.3 is 14.8 Å². The number of nitrogens with one attached hydrogen (secondary N) is 1. The lowest BCUT2D eigenvalue weighted by Crippen LogP contribution is -2.60. The highest BCUT2D eigenvalue weighted by molar-refractivity contribution is 5.98. The molecule has 1 fully saturated rings. The molecule has 0 bridgehead atoms. The number of rotatable bonds is 3. The number of para-hydroxylation sites is 2. The van der Waals surface area contributed by atoms with Gasteiger partial charge in [-0.2, -0.15) is 0 Å². The van der Waals surface area contributed by atoms with Crippen LogP contribution < -0.4 is 14.8 Å². The molecule has 4 rings (SSSR count). The van der Waals surface area contributed by atoms with Crippen molar-refractivity contribution in [2.75, 3.05) is 20.2 Å². The summed E-state index contributed by atoms with van der Waals surface area (Å²) in [6.07, 6.45) is 1.53. The van der Waals surface area contributed by atoms with Crippen molar-refractivity contribution in [1.29, 1.82) is 0 Å². The number of piperidine rings is 1.